The van der Waals surface area contributed by atoms with Crippen LogP contribution in [0.2, 0.25) is 0 Å². The van der Waals surface area contributed by atoms with Crippen LogP contribution in [0.1, 0.15) is 22.8 Å². The fraction of sp³-hybridized carbons (Fsp3) is 0.182. The van der Waals surface area contributed by atoms with Crippen molar-refractivity contribution in [1.82, 2.24) is 0 Å². The molecule has 0 amide bonds. The van der Waals surface area contributed by atoms with Crippen LogP contribution in [0.25, 0.3) is 17.0 Å². The van der Waals surface area contributed by atoms with Crippen LogP contribution in [-0.4, -0.2) is 32.4 Å². The van der Waals surface area contributed by atoms with Crippen molar-refractivity contribution in [3.05, 3.63) is 64.3 Å². The average molecular weight is 475 g/mol. The molecule has 7 nitrogen and oxygen atoms in total. The number of furan rings is 1. The predicted octanol–water partition coefficient (Wildman–Crippen LogP) is 4.97. The molecule has 8 heteroatoms. The second kappa shape index (κ2) is 10.1. The highest BCUT2D eigenvalue weighted by Crippen LogP contribution is 2.41. The summed E-state index contributed by atoms with van der Waals surface area (Å²) in [7, 11) is 1.47. The minimum Gasteiger partial charge on any atom is -0.463 e. The van der Waals surface area contributed by atoms with Crippen LogP contribution in [-0.2, 0) is 14.3 Å². The van der Waals surface area contributed by atoms with E-state index in [0.717, 1.165) is 4.47 Å². The lowest BCUT2D eigenvalue weighted by atomic mass is 10.1. The summed E-state index contributed by atoms with van der Waals surface area (Å²) in [6.45, 7) is 1.87. The average Bonchev–Trinajstić information content (AvgIpc) is 3.20. The number of hydrogen-bond donors (Lipinski definition) is 0. The maximum absolute atomic E-state index is 12.7. The normalized spacial score (nSPS) is 11.0. The first-order chi connectivity index (χ1) is 14.5. The van der Waals surface area contributed by atoms with Crippen molar-refractivity contribution >= 4 is 44.9 Å². The van der Waals surface area contributed by atoms with Crippen LogP contribution in [0.15, 0.2) is 57.6 Å². The topological polar surface area (TPSA) is 84.2 Å². The zero-order valence-corrected chi connectivity index (χ0v) is 17.9. The van der Waals surface area contributed by atoms with E-state index in [-0.39, 0.29) is 24.9 Å². The van der Waals surface area contributed by atoms with Crippen molar-refractivity contribution in [2.24, 2.45) is 0 Å². The summed E-state index contributed by atoms with van der Waals surface area (Å²) in [5.41, 5.74) is 1.17. The number of rotatable bonds is 8. The van der Waals surface area contributed by atoms with Crippen LogP contribution >= 0.6 is 15.9 Å². The Hall–Kier alpha value is -3.10. The maximum Gasteiger partial charge on any atom is 0.343 e. The second-order valence-electron chi connectivity index (χ2n) is 6.00. The molecule has 1 aromatic heterocycles. The van der Waals surface area contributed by atoms with Gasteiger partial charge in [-0.2, -0.15) is 0 Å². The minimum atomic E-state index is -0.596. The van der Waals surface area contributed by atoms with Crippen LogP contribution in [0.3, 0.4) is 0 Å². The summed E-state index contributed by atoms with van der Waals surface area (Å²) < 4.78 is 27.6. The number of methoxy groups -OCH3 is 1. The van der Waals surface area contributed by atoms with Crippen LogP contribution < -0.4 is 9.47 Å². The molecule has 0 saturated carbocycles. The van der Waals surface area contributed by atoms with Gasteiger partial charge in [-0.3, -0.25) is 0 Å². The summed E-state index contributed by atoms with van der Waals surface area (Å²) in [4.78, 5) is 24.5. The van der Waals surface area contributed by atoms with E-state index in [9.17, 15) is 9.59 Å². The highest BCUT2D eigenvalue weighted by atomic mass is 79.9. The van der Waals surface area contributed by atoms with Crippen LogP contribution in [0, 0.1) is 0 Å². The molecule has 0 aliphatic heterocycles. The fourth-order valence-electron chi connectivity index (χ4n) is 2.65. The van der Waals surface area contributed by atoms with Crippen molar-refractivity contribution in [2.45, 2.75) is 6.92 Å². The van der Waals surface area contributed by atoms with E-state index in [1.165, 1.54) is 25.5 Å². The summed E-state index contributed by atoms with van der Waals surface area (Å²) in [6.07, 6.45) is 4.24. The zero-order valence-electron chi connectivity index (χ0n) is 16.3. The van der Waals surface area contributed by atoms with Crippen molar-refractivity contribution in [2.75, 3.05) is 20.5 Å². The van der Waals surface area contributed by atoms with Gasteiger partial charge in [-0.25, -0.2) is 9.59 Å². The highest BCUT2D eigenvalue weighted by Gasteiger charge is 2.21. The number of benzene rings is 2. The van der Waals surface area contributed by atoms with Gasteiger partial charge in [0.1, 0.15) is 0 Å². The second-order valence-corrected chi connectivity index (χ2v) is 6.91. The van der Waals surface area contributed by atoms with Gasteiger partial charge in [0.15, 0.2) is 18.1 Å². The smallest absolute Gasteiger partial charge is 0.343 e. The van der Waals surface area contributed by atoms with Gasteiger partial charge in [0.05, 0.1) is 18.4 Å². The third kappa shape index (κ3) is 5.08. The molecule has 156 valence electrons. The third-order valence-corrected chi connectivity index (χ3v) is 4.49. The first kappa shape index (κ1) is 21.6. The number of fused-ring (bicyclic) bond motifs is 1. The van der Waals surface area contributed by atoms with Gasteiger partial charge >= 0.3 is 11.9 Å². The molecule has 30 heavy (non-hydrogen) atoms. The molecule has 3 rings (SSSR count). The van der Waals surface area contributed by atoms with Crippen molar-refractivity contribution in [3.63, 3.8) is 0 Å². The summed E-state index contributed by atoms with van der Waals surface area (Å²) in [5.74, 6) is -0.827. The summed E-state index contributed by atoms with van der Waals surface area (Å²) >= 11 is 3.33. The number of carbonyl (C=O) groups excluding carboxylic acids is 2. The number of ether oxygens (including phenoxy) is 4. The molecule has 2 aromatic carbocycles. The molecule has 0 unspecified atom stereocenters. The molecular formula is C22H19BrO7. The largest absolute Gasteiger partial charge is 0.463 e. The molecule has 3 aromatic rings. The fourth-order valence-corrected chi connectivity index (χ4v) is 2.91. The van der Waals surface area contributed by atoms with E-state index >= 15 is 0 Å². The Bertz CT molecular complexity index is 1070. The van der Waals surface area contributed by atoms with E-state index < -0.39 is 11.9 Å². The molecule has 0 N–H and O–H groups in total. The Balaban J connectivity index is 2.06. The van der Waals surface area contributed by atoms with Gasteiger partial charge in [-0.15, -0.1) is 0 Å². The molecule has 0 spiro atoms. The van der Waals surface area contributed by atoms with Gasteiger partial charge < -0.3 is 23.4 Å². The minimum absolute atomic E-state index is 0.0936. The number of hydrogen-bond acceptors (Lipinski definition) is 7. The number of esters is 2. The van der Waals surface area contributed by atoms with Crippen molar-refractivity contribution in [1.29, 1.82) is 0 Å². The molecule has 0 atom stereocenters. The molecule has 0 aliphatic rings. The number of carbonyl (C=O) groups is 2. The Morgan fingerprint density at radius 1 is 1.13 bits per heavy atom. The molecule has 0 saturated heterocycles. The van der Waals surface area contributed by atoms with Gasteiger partial charge in [-0.1, -0.05) is 15.9 Å². The van der Waals surface area contributed by atoms with Crippen LogP contribution in [0.4, 0.5) is 0 Å². The molecule has 0 radical (unpaired) electrons. The maximum atomic E-state index is 12.7. The van der Waals surface area contributed by atoms with Crippen molar-refractivity contribution in [3.8, 4) is 11.5 Å². The standard InChI is InChI=1S/C22H19BrO7/c1-3-27-18(24)9-6-15-12-16-10-11-28-19(16)21(29-13-26-2)20(15)30-22(25)14-4-7-17(23)8-5-14/h4-12H,3,13H2,1-2H3/b9-6+. The van der Waals surface area contributed by atoms with E-state index in [0.29, 0.717) is 22.1 Å². The highest BCUT2D eigenvalue weighted by molar-refractivity contribution is 9.10. The predicted molar refractivity (Wildman–Crippen MR) is 113 cm³/mol. The van der Waals surface area contributed by atoms with Gasteiger partial charge in [0, 0.05) is 28.6 Å². The Kier molecular flexibility index (Phi) is 7.26. The molecule has 1 heterocycles. The Morgan fingerprint density at radius 3 is 2.60 bits per heavy atom. The van der Waals surface area contributed by atoms with E-state index in [1.807, 2.05) is 0 Å². The van der Waals surface area contributed by atoms with Crippen molar-refractivity contribution < 1.29 is 33.0 Å². The van der Waals surface area contributed by atoms with Gasteiger partial charge in [-0.05, 0) is 49.4 Å². The lowest BCUT2D eigenvalue weighted by molar-refractivity contribution is -0.137. The first-order valence-corrected chi connectivity index (χ1v) is 9.81. The SMILES string of the molecule is CCOC(=O)/C=C/c1cc2ccoc2c(OCOC)c1OC(=O)c1ccc(Br)cc1. The quantitative estimate of drug-likeness (QED) is 0.197. The molecular weight excluding hydrogens is 456 g/mol. The van der Waals surface area contributed by atoms with Crippen LogP contribution in [0.5, 0.6) is 11.5 Å². The zero-order chi connectivity index (χ0) is 21.5. The van der Waals surface area contributed by atoms with E-state index in [2.05, 4.69) is 15.9 Å². The lowest BCUT2D eigenvalue weighted by Gasteiger charge is -2.14. The van der Waals surface area contributed by atoms with E-state index in [1.54, 1.807) is 43.3 Å². The first-order valence-electron chi connectivity index (χ1n) is 9.02. The lowest BCUT2D eigenvalue weighted by Crippen LogP contribution is -2.11. The third-order valence-electron chi connectivity index (χ3n) is 3.96. The monoisotopic (exact) mass is 474 g/mol. The summed E-state index contributed by atoms with van der Waals surface area (Å²) in [5, 5.41) is 0.702. The molecule has 0 bridgehead atoms. The van der Waals surface area contributed by atoms with Gasteiger partial charge in [0.25, 0.3) is 0 Å². The van der Waals surface area contributed by atoms with E-state index in [4.69, 9.17) is 23.4 Å². The summed E-state index contributed by atoms with van der Waals surface area (Å²) in [6, 6.07) is 10.2. The molecule has 0 fully saturated rings. The van der Waals surface area contributed by atoms with Gasteiger partial charge in [0.2, 0.25) is 5.75 Å². The number of halogens is 1. The molecule has 0 aliphatic carbocycles. The Morgan fingerprint density at radius 2 is 1.90 bits per heavy atom. The Labute approximate surface area is 181 Å².